The maximum Gasteiger partial charge on any atom is 0.407 e. The van der Waals surface area contributed by atoms with Crippen LogP contribution >= 0.6 is 0 Å². The smallest absolute Gasteiger partial charge is 0.407 e. The number of hydrogen-bond acceptors (Lipinski definition) is 7. The van der Waals surface area contributed by atoms with Gasteiger partial charge in [0.05, 0.1) is 25.4 Å². The molecule has 0 saturated heterocycles. The minimum absolute atomic E-state index is 0.0652. The van der Waals surface area contributed by atoms with E-state index < -0.39 is 42.0 Å². The number of methoxy groups -OCH3 is 1. The van der Waals surface area contributed by atoms with E-state index in [1.54, 1.807) is 20.8 Å². The fourth-order valence-corrected chi connectivity index (χ4v) is 3.00. The van der Waals surface area contributed by atoms with Crippen molar-refractivity contribution in [1.29, 1.82) is 0 Å². The highest BCUT2D eigenvalue weighted by Crippen LogP contribution is 2.15. The number of benzene rings is 1. The molecule has 4 atom stereocenters. The lowest BCUT2D eigenvalue weighted by molar-refractivity contribution is -0.152. The first-order valence-corrected chi connectivity index (χ1v) is 10.2. The average Bonchev–Trinajstić information content (AvgIpc) is 2.65. The summed E-state index contributed by atoms with van der Waals surface area (Å²) in [5.41, 5.74) is 0.284. The Bertz CT molecular complexity index is 645. The van der Waals surface area contributed by atoms with E-state index >= 15 is 0 Å². The van der Waals surface area contributed by atoms with Crippen LogP contribution in [0.1, 0.15) is 52.0 Å². The molecule has 1 aromatic rings. The summed E-state index contributed by atoms with van der Waals surface area (Å²) in [6, 6.07) is 8.55. The van der Waals surface area contributed by atoms with Gasteiger partial charge in [-0.05, 0) is 58.4 Å². The van der Waals surface area contributed by atoms with Crippen molar-refractivity contribution in [1.82, 2.24) is 5.32 Å². The second-order valence-electron chi connectivity index (χ2n) is 8.38. The number of esters is 1. The molecule has 0 aromatic heterocycles. The lowest BCUT2D eigenvalue weighted by atomic mass is 9.98. The molecule has 8 nitrogen and oxygen atoms in total. The van der Waals surface area contributed by atoms with Gasteiger partial charge in [0.1, 0.15) is 5.60 Å². The summed E-state index contributed by atoms with van der Waals surface area (Å²) in [4.78, 5) is 23.7. The molecular formula is C22H35NO7. The van der Waals surface area contributed by atoms with E-state index in [0.29, 0.717) is 25.7 Å². The zero-order valence-corrected chi connectivity index (χ0v) is 18.2. The van der Waals surface area contributed by atoms with Gasteiger partial charge in [0, 0.05) is 0 Å². The topological polar surface area (TPSA) is 125 Å². The molecule has 0 fully saturated rings. The molecule has 170 valence electrons. The highest BCUT2D eigenvalue weighted by atomic mass is 16.6. The number of aliphatic hydroxyl groups excluding tert-OH is 3. The van der Waals surface area contributed by atoms with E-state index in [2.05, 4.69) is 10.1 Å². The van der Waals surface area contributed by atoms with Gasteiger partial charge < -0.3 is 30.1 Å². The first-order chi connectivity index (χ1) is 14.0. The zero-order chi connectivity index (χ0) is 22.7. The van der Waals surface area contributed by atoms with Crippen LogP contribution in [0, 0.1) is 0 Å². The minimum Gasteiger partial charge on any atom is -0.467 e. The van der Waals surface area contributed by atoms with Crippen LogP contribution in [-0.4, -0.2) is 64.4 Å². The SMILES string of the molecule is COC(=O)[C@@H](O)[C@@H](C[C@@H](O)CCC[C@@H](O)Cc1ccccc1)NC(=O)OC(C)(C)C. The summed E-state index contributed by atoms with van der Waals surface area (Å²) in [7, 11) is 1.13. The van der Waals surface area contributed by atoms with E-state index in [1.165, 1.54) is 0 Å². The summed E-state index contributed by atoms with van der Waals surface area (Å²) in [5.74, 6) is -0.915. The van der Waals surface area contributed by atoms with Crippen LogP contribution in [0.4, 0.5) is 4.79 Å². The largest absolute Gasteiger partial charge is 0.467 e. The minimum atomic E-state index is -1.64. The fraction of sp³-hybridized carbons (Fsp3) is 0.636. The molecule has 0 aliphatic rings. The zero-order valence-electron chi connectivity index (χ0n) is 18.2. The van der Waals surface area contributed by atoms with Crippen LogP contribution in [-0.2, 0) is 20.7 Å². The lowest BCUT2D eigenvalue weighted by Gasteiger charge is -2.27. The van der Waals surface area contributed by atoms with Gasteiger partial charge in [-0.2, -0.15) is 0 Å². The molecule has 0 aliphatic heterocycles. The van der Waals surface area contributed by atoms with Crippen molar-refractivity contribution in [3.63, 3.8) is 0 Å². The molecule has 0 aliphatic carbocycles. The lowest BCUT2D eigenvalue weighted by Crippen LogP contribution is -2.50. The summed E-state index contributed by atoms with van der Waals surface area (Å²) in [6.07, 6.45) is -2.03. The molecule has 0 radical (unpaired) electrons. The number of carbonyl (C=O) groups is 2. The fourth-order valence-electron chi connectivity index (χ4n) is 3.00. The molecule has 0 spiro atoms. The molecule has 1 amide bonds. The third-order valence-corrected chi connectivity index (χ3v) is 4.44. The number of rotatable bonds is 11. The van der Waals surface area contributed by atoms with Gasteiger partial charge in [-0.15, -0.1) is 0 Å². The number of hydrogen-bond donors (Lipinski definition) is 4. The number of nitrogens with one attached hydrogen (secondary N) is 1. The molecule has 0 saturated carbocycles. The molecule has 0 unspecified atom stereocenters. The van der Waals surface area contributed by atoms with Crippen LogP contribution in [0.3, 0.4) is 0 Å². The number of amides is 1. The number of aliphatic hydroxyl groups is 3. The van der Waals surface area contributed by atoms with Crippen LogP contribution in [0.25, 0.3) is 0 Å². The third kappa shape index (κ3) is 10.6. The van der Waals surface area contributed by atoms with E-state index in [9.17, 15) is 24.9 Å². The first-order valence-electron chi connectivity index (χ1n) is 10.2. The Labute approximate surface area is 178 Å². The van der Waals surface area contributed by atoms with Crippen molar-refractivity contribution >= 4 is 12.1 Å². The van der Waals surface area contributed by atoms with Crippen molar-refractivity contribution < 1.29 is 34.4 Å². The Hall–Kier alpha value is -2.16. The summed E-state index contributed by atoms with van der Waals surface area (Å²) < 4.78 is 9.69. The van der Waals surface area contributed by atoms with Crippen molar-refractivity contribution in [3.05, 3.63) is 35.9 Å². The third-order valence-electron chi connectivity index (χ3n) is 4.44. The van der Waals surface area contributed by atoms with E-state index in [0.717, 1.165) is 12.7 Å². The van der Waals surface area contributed by atoms with Crippen molar-refractivity contribution in [2.45, 2.75) is 82.8 Å². The average molecular weight is 426 g/mol. The predicted octanol–water partition coefficient (Wildman–Crippen LogP) is 1.94. The second kappa shape index (κ2) is 12.5. The van der Waals surface area contributed by atoms with Gasteiger partial charge in [0.25, 0.3) is 0 Å². The number of alkyl carbamates (subject to hydrolysis) is 1. The second-order valence-corrected chi connectivity index (χ2v) is 8.38. The normalized spacial score (nSPS) is 15.6. The van der Waals surface area contributed by atoms with Crippen molar-refractivity contribution in [2.24, 2.45) is 0 Å². The Morgan fingerprint density at radius 3 is 2.20 bits per heavy atom. The van der Waals surface area contributed by atoms with Gasteiger partial charge in [-0.25, -0.2) is 9.59 Å². The van der Waals surface area contributed by atoms with E-state index in [-0.39, 0.29) is 6.42 Å². The maximum absolute atomic E-state index is 12.0. The summed E-state index contributed by atoms with van der Waals surface area (Å²) >= 11 is 0. The van der Waals surface area contributed by atoms with Crippen LogP contribution < -0.4 is 5.32 Å². The van der Waals surface area contributed by atoms with Gasteiger partial charge in [0.2, 0.25) is 0 Å². The standard InChI is InChI=1S/C22H35NO7/c1-22(2,3)30-21(28)23-18(19(26)20(27)29-4)14-17(25)12-8-11-16(24)13-15-9-6-5-7-10-15/h5-7,9-10,16-19,24-26H,8,11-14H2,1-4H3,(H,23,28)/t16-,17+,18-,19+/m1/s1. The Kier molecular flexibility index (Phi) is 10.8. The number of ether oxygens (including phenoxy) is 2. The maximum atomic E-state index is 12.0. The molecular weight excluding hydrogens is 390 g/mol. The van der Waals surface area contributed by atoms with E-state index in [1.807, 2.05) is 30.3 Å². The Morgan fingerprint density at radius 1 is 1.03 bits per heavy atom. The van der Waals surface area contributed by atoms with Gasteiger partial charge in [0.15, 0.2) is 6.10 Å². The highest BCUT2D eigenvalue weighted by molar-refractivity contribution is 5.77. The molecule has 30 heavy (non-hydrogen) atoms. The van der Waals surface area contributed by atoms with Crippen molar-refractivity contribution in [3.8, 4) is 0 Å². The van der Waals surface area contributed by atoms with Gasteiger partial charge in [-0.1, -0.05) is 30.3 Å². The van der Waals surface area contributed by atoms with Crippen LogP contribution in [0.2, 0.25) is 0 Å². The van der Waals surface area contributed by atoms with Crippen LogP contribution in [0.5, 0.6) is 0 Å². The summed E-state index contributed by atoms with van der Waals surface area (Å²) in [6.45, 7) is 5.07. The molecule has 8 heteroatoms. The van der Waals surface area contributed by atoms with Crippen LogP contribution in [0.15, 0.2) is 30.3 Å². The highest BCUT2D eigenvalue weighted by Gasteiger charge is 2.31. The number of carbonyl (C=O) groups excluding carboxylic acids is 2. The summed E-state index contributed by atoms with van der Waals surface area (Å²) in [5, 5.41) is 33.1. The molecule has 4 N–H and O–H groups in total. The van der Waals surface area contributed by atoms with Gasteiger partial charge in [-0.3, -0.25) is 0 Å². The van der Waals surface area contributed by atoms with E-state index in [4.69, 9.17) is 4.74 Å². The monoisotopic (exact) mass is 425 g/mol. The molecule has 1 rings (SSSR count). The Morgan fingerprint density at radius 2 is 1.63 bits per heavy atom. The molecule has 0 bridgehead atoms. The predicted molar refractivity (Wildman–Crippen MR) is 112 cm³/mol. The quantitative estimate of drug-likeness (QED) is 0.399. The Balaban J connectivity index is 2.54. The van der Waals surface area contributed by atoms with Crippen molar-refractivity contribution in [2.75, 3.05) is 7.11 Å². The molecule has 0 heterocycles. The first kappa shape index (κ1) is 25.9. The van der Waals surface area contributed by atoms with Gasteiger partial charge >= 0.3 is 12.1 Å². The molecule has 1 aromatic carbocycles.